The third kappa shape index (κ3) is 2.94. The van der Waals surface area contributed by atoms with E-state index in [1.54, 1.807) is 11.3 Å². The van der Waals surface area contributed by atoms with Crippen LogP contribution in [0, 0.1) is 0 Å². The van der Waals surface area contributed by atoms with E-state index in [1.165, 1.54) is 5.56 Å². The van der Waals surface area contributed by atoms with Crippen LogP contribution in [0.4, 0.5) is 0 Å². The second-order valence-electron chi connectivity index (χ2n) is 6.10. The minimum Gasteiger partial charge on any atom is -0.307 e. The first-order chi connectivity index (χ1) is 9.36. The number of rotatable bonds is 4. The molecule has 110 valence electrons. The van der Waals surface area contributed by atoms with Gasteiger partial charge in [-0.05, 0) is 13.5 Å². The second kappa shape index (κ2) is 5.66. The summed E-state index contributed by atoms with van der Waals surface area (Å²) in [6.45, 7) is 8.73. The van der Waals surface area contributed by atoms with Crippen molar-refractivity contribution in [2.75, 3.05) is 7.05 Å². The molecule has 2 aromatic heterocycles. The largest absolute Gasteiger partial charge is 0.307 e. The molecule has 1 atom stereocenters. The molecule has 0 aliphatic carbocycles. The molecule has 0 bridgehead atoms. The van der Waals surface area contributed by atoms with Gasteiger partial charge in [0.2, 0.25) is 0 Å². The molecule has 0 saturated heterocycles. The van der Waals surface area contributed by atoms with Gasteiger partial charge in [0, 0.05) is 29.6 Å². The van der Waals surface area contributed by atoms with Gasteiger partial charge in [0.15, 0.2) is 0 Å². The highest BCUT2D eigenvalue weighted by atomic mass is 32.1. The van der Waals surface area contributed by atoms with Crippen molar-refractivity contribution in [2.45, 2.75) is 45.6 Å². The third-order valence-corrected chi connectivity index (χ3v) is 4.32. The average molecular weight is 292 g/mol. The predicted molar refractivity (Wildman–Crippen MR) is 84.3 cm³/mol. The lowest BCUT2D eigenvalue weighted by Crippen LogP contribution is -2.19. The molecule has 1 unspecified atom stereocenters. The Morgan fingerprint density at radius 2 is 2.10 bits per heavy atom. The molecule has 2 aromatic rings. The topological polar surface area (TPSA) is 42.7 Å². The maximum atomic E-state index is 4.83. The van der Waals surface area contributed by atoms with Crippen LogP contribution in [0.1, 0.15) is 55.7 Å². The highest BCUT2D eigenvalue weighted by Crippen LogP contribution is 2.31. The minimum atomic E-state index is 0.0928. The standard InChI is InChI=1S/C15H24N4S/c1-7-11-10(8-19(6)18-11)13(16-5)14-17-12(9-20-14)15(2,3)4/h8-9,13,16H,7H2,1-6H3. The number of nitrogens with one attached hydrogen (secondary N) is 1. The zero-order valence-corrected chi connectivity index (χ0v) is 14.0. The van der Waals surface area contributed by atoms with Crippen molar-refractivity contribution in [3.05, 3.63) is 33.5 Å². The molecule has 0 amide bonds. The first-order valence-corrected chi connectivity index (χ1v) is 7.90. The Hall–Kier alpha value is -1.20. The molecule has 2 rings (SSSR count). The van der Waals surface area contributed by atoms with E-state index in [0.717, 1.165) is 22.8 Å². The summed E-state index contributed by atoms with van der Waals surface area (Å²) < 4.78 is 1.89. The van der Waals surface area contributed by atoms with Gasteiger partial charge in [-0.1, -0.05) is 27.7 Å². The summed E-state index contributed by atoms with van der Waals surface area (Å²) in [6.07, 6.45) is 3.03. The zero-order chi connectivity index (χ0) is 14.9. The van der Waals surface area contributed by atoms with Crippen molar-refractivity contribution in [3.63, 3.8) is 0 Å². The summed E-state index contributed by atoms with van der Waals surface area (Å²) in [5.74, 6) is 0. The van der Waals surface area contributed by atoms with Crippen LogP contribution in [0.5, 0.6) is 0 Å². The summed E-state index contributed by atoms with van der Waals surface area (Å²) in [5.41, 5.74) is 3.61. The van der Waals surface area contributed by atoms with Gasteiger partial charge in [-0.15, -0.1) is 11.3 Å². The smallest absolute Gasteiger partial charge is 0.115 e. The fourth-order valence-electron chi connectivity index (χ4n) is 2.25. The van der Waals surface area contributed by atoms with Crippen molar-refractivity contribution in [1.82, 2.24) is 20.1 Å². The summed E-state index contributed by atoms with van der Waals surface area (Å²) in [7, 11) is 3.95. The molecule has 2 heterocycles. The van der Waals surface area contributed by atoms with Crippen LogP contribution in [-0.2, 0) is 18.9 Å². The Balaban J connectivity index is 2.39. The van der Waals surface area contributed by atoms with Crippen LogP contribution in [-0.4, -0.2) is 21.8 Å². The Kier molecular flexibility index (Phi) is 4.30. The predicted octanol–water partition coefficient (Wildman–Crippen LogP) is 3.05. The van der Waals surface area contributed by atoms with E-state index in [2.05, 4.69) is 49.7 Å². The van der Waals surface area contributed by atoms with Gasteiger partial charge in [0.1, 0.15) is 5.01 Å². The Morgan fingerprint density at radius 1 is 1.40 bits per heavy atom. The van der Waals surface area contributed by atoms with Gasteiger partial charge < -0.3 is 5.32 Å². The number of hydrogen-bond donors (Lipinski definition) is 1. The van der Waals surface area contributed by atoms with Gasteiger partial charge in [0.25, 0.3) is 0 Å². The fourth-order valence-corrected chi connectivity index (χ4v) is 3.42. The first-order valence-electron chi connectivity index (χ1n) is 7.02. The molecule has 0 radical (unpaired) electrons. The molecule has 20 heavy (non-hydrogen) atoms. The fraction of sp³-hybridized carbons (Fsp3) is 0.600. The van der Waals surface area contributed by atoms with Gasteiger partial charge in [-0.25, -0.2) is 4.98 Å². The lowest BCUT2D eigenvalue weighted by molar-refractivity contribution is 0.566. The van der Waals surface area contributed by atoms with Crippen molar-refractivity contribution in [1.29, 1.82) is 0 Å². The summed E-state index contributed by atoms with van der Waals surface area (Å²) in [6, 6.07) is 0.125. The summed E-state index contributed by atoms with van der Waals surface area (Å²) in [4.78, 5) is 4.83. The maximum Gasteiger partial charge on any atom is 0.115 e. The molecule has 1 N–H and O–H groups in total. The average Bonchev–Trinajstić information content (AvgIpc) is 2.97. The summed E-state index contributed by atoms with van der Waals surface area (Å²) in [5, 5.41) is 11.2. The van der Waals surface area contributed by atoms with E-state index in [0.29, 0.717) is 0 Å². The summed E-state index contributed by atoms with van der Waals surface area (Å²) >= 11 is 1.72. The zero-order valence-electron chi connectivity index (χ0n) is 13.2. The third-order valence-electron chi connectivity index (χ3n) is 3.41. The molecule has 0 aliphatic heterocycles. The second-order valence-corrected chi connectivity index (χ2v) is 6.99. The van der Waals surface area contributed by atoms with Gasteiger partial charge in [-0.2, -0.15) is 5.10 Å². The van der Waals surface area contributed by atoms with E-state index in [1.807, 2.05) is 18.8 Å². The first kappa shape index (κ1) is 15.2. The Bertz CT molecular complexity index is 577. The molecule has 0 aliphatic rings. The van der Waals surface area contributed by atoms with E-state index < -0.39 is 0 Å². The van der Waals surface area contributed by atoms with Crippen LogP contribution >= 0.6 is 11.3 Å². The van der Waals surface area contributed by atoms with Crippen molar-refractivity contribution in [2.24, 2.45) is 7.05 Å². The van der Waals surface area contributed by atoms with Gasteiger partial charge >= 0.3 is 0 Å². The molecular formula is C15H24N4S. The molecule has 0 fully saturated rings. The number of thiazole rings is 1. The molecule has 0 aromatic carbocycles. The highest BCUT2D eigenvalue weighted by Gasteiger charge is 2.24. The molecule has 0 spiro atoms. The van der Waals surface area contributed by atoms with E-state index in [-0.39, 0.29) is 11.5 Å². The van der Waals surface area contributed by atoms with Crippen molar-refractivity contribution in [3.8, 4) is 0 Å². The van der Waals surface area contributed by atoms with Gasteiger partial charge in [-0.3, -0.25) is 4.68 Å². The lowest BCUT2D eigenvalue weighted by atomic mass is 9.93. The maximum absolute atomic E-state index is 4.83. The number of nitrogens with zero attached hydrogens (tertiary/aromatic N) is 3. The van der Waals surface area contributed by atoms with Crippen LogP contribution in [0.25, 0.3) is 0 Å². The van der Waals surface area contributed by atoms with Crippen LogP contribution in [0.3, 0.4) is 0 Å². The number of hydrogen-bond acceptors (Lipinski definition) is 4. The van der Waals surface area contributed by atoms with Gasteiger partial charge in [0.05, 0.1) is 17.4 Å². The highest BCUT2D eigenvalue weighted by molar-refractivity contribution is 7.09. The Morgan fingerprint density at radius 3 is 2.60 bits per heavy atom. The van der Waals surface area contributed by atoms with Crippen molar-refractivity contribution < 1.29 is 0 Å². The molecular weight excluding hydrogens is 268 g/mol. The van der Waals surface area contributed by atoms with Crippen molar-refractivity contribution >= 4 is 11.3 Å². The number of aryl methyl sites for hydroxylation is 2. The quantitative estimate of drug-likeness (QED) is 0.942. The van der Waals surface area contributed by atoms with E-state index in [9.17, 15) is 0 Å². The molecule has 5 heteroatoms. The van der Waals surface area contributed by atoms with E-state index >= 15 is 0 Å². The molecule has 4 nitrogen and oxygen atoms in total. The SMILES string of the molecule is CCc1nn(C)cc1C(NC)c1nc(C(C)(C)C)cs1. The van der Waals surface area contributed by atoms with E-state index in [4.69, 9.17) is 4.98 Å². The monoisotopic (exact) mass is 292 g/mol. The Labute approximate surface area is 125 Å². The normalized spacial score (nSPS) is 13.7. The number of aromatic nitrogens is 3. The lowest BCUT2D eigenvalue weighted by Gasteiger charge is -2.16. The molecule has 0 saturated carbocycles. The van der Waals surface area contributed by atoms with Crippen LogP contribution in [0.2, 0.25) is 0 Å². The van der Waals surface area contributed by atoms with Crippen LogP contribution < -0.4 is 5.32 Å². The van der Waals surface area contributed by atoms with Crippen LogP contribution in [0.15, 0.2) is 11.6 Å². The minimum absolute atomic E-state index is 0.0928.